The van der Waals surface area contributed by atoms with Crippen molar-refractivity contribution in [2.24, 2.45) is 0 Å². The summed E-state index contributed by atoms with van der Waals surface area (Å²) in [5.74, 6) is 0.376. The van der Waals surface area contributed by atoms with E-state index in [2.05, 4.69) is 12.2 Å². The van der Waals surface area contributed by atoms with Crippen LogP contribution in [-0.2, 0) is 0 Å². The average molecular weight is 256 g/mol. The Kier molecular flexibility index (Phi) is 3.51. The lowest BCUT2D eigenvalue weighted by atomic mass is 10.2. The Morgan fingerprint density at radius 1 is 1.59 bits per heavy atom. The van der Waals surface area contributed by atoms with E-state index in [0.29, 0.717) is 10.9 Å². The third-order valence-corrected chi connectivity index (χ3v) is 4.08. The number of benzene rings is 1. The molecule has 1 aromatic carbocycles. The molecule has 4 nitrogen and oxygen atoms in total. The number of thioether (sulfide) groups is 1. The highest BCUT2D eigenvalue weighted by atomic mass is 32.2. The van der Waals surface area contributed by atoms with E-state index in [-0.39, 0.29) is 11.7 Å². The predicted octanol–water partition coefficient (Wildman–Crippen LogP) is 3.04. The molecule has 1 N–H and O–H groups in total. The fraction of sp³-hybridized carbons (Fsp3) is 0.455. The van der Waals surface area contributed by atoms with Gasteiger partial charge in [0.25, 0.3) is 5.69 Å². The van der Waals surface area contributed by atoms with E-state index in [4.69, 9.17) is 0 Å². The van der Waals surface area contributed by atoms with E-state index in [1.807, 2.05) is 11.8 Å². The molecule has 1 aliphatic heterocycles. The number of nitro groups is 1. The third-order valence-electron chi connectivity index (χ3n) is 2.72. The van der Waals surface area contributed by atoms with Crippen molar-refractivity contribution in [1.29, 1.82) is 0 Å². The van der Waals surface area contributed by atoms with Crippen molar-refractivity contribution in [2.75, 3.05) is 11.1 Å². The lowest BCUT2D eigenvalue weighted by Crippen LogP contribution is -2.19. The molecule has 1 aliphatic rings. The monoisotopic (exact) mass is 256 g/mol. The molecule has 1 heterocycles. The van der Waals surface area contributed by atoms with Gasteiger partial charge in [0.05, 0.1) is 16.7 Å². The van der Waals surface area contributed by atoms with Gasteiger partial charge >= 0.3 is 0 Å². The van der Waals surface area contributed by atoms with Gasteiger partial charge in [0.2, 0.25) is 0 Å². The number of anilines is 1. The summed E-state index contributed by atoms with van der Waals surface area (Å²) in [6.07, 6.45) is 0.987. The summed E-state index contributed by atoms with van der Waals surface area (Å²) in [6, 6.07) is 3.94. The molecule has 6 heteroatoms. The van der Waals surface area contributed by atoms with Gasteiger partial charge in [-0.1, -0.05) is 6.92 Å². The zero-order valence-electron chi connectivity index (χ0n) is 9.35. The molecule has 17 heavy (non-hydrogen) atoms. The van der Waals surface area contributed by atoms with Crippen molar-refractivity contribution in [3.8, 4) is 0 Å². The van der Waals surface area contributed by atoms with E-state index in [1.165, 1.54) is 12.1 Å². The number of hydrogen-bond acceptors (Lipinski definition) is 4. The van der Waals surface area contributed by atoms with Crippen LogP contribution < -0.4 is 5.32 Å². The van der Waals surface area contributed by atoms with Gasteiger partial charge in [-0.25, -0.2) is 4.39 Å². The molecule has 0 spiro atoms. The Hall–Kier alpha value is -1.30. The standard InChI is InChI=1S/C11H13FN2O2S/c1-7-4-8(6-17-7)13-11-3-2-9(14(15)16)5-10(11)12/h2-3,5,7-8,13H,4,6H2,1H3. The maximum Gasteiger partial charge on any atom is 0.272 e. The zero-order valence-corrected chi connectivity index (χ0v) is 10.2. The SMILES string of the molecule is CC1CC(Nc2ccc([N+](=O)[O-])cc2F)CS1. The molecule has 1 saturated heterocycles. The van der Waals surface area contributed by atoms with E-state index < -0.39 is 10.7 Å². The van der Waals surface area contributed by atoms with Gasteiger partial charge in [0, 0.05) is 23.1 Å². The Morgan fingerprint density at radius 2 is 2.35 bits per heavy atom. The first-order chi connectivity index (χ1) is 8.06. The molecule has 0 bridgehead atoms. The van der Waals surface area contributed by atoms with Crippen molar-refractivity contribution < 1.29 is 9.31 Å². The zero-order chi connectivity index (χ0) is 12.4. The summed E-state index contributed by atoms with van der Waals surface area (Å²) in [4.78, 5) is 9.87. The Balaban J connectivity index is 2.09. The van der Waals surface area contributed by atoms with Crippen LogP contribution in [0.25, 0.3) is 0 Å². The first kappa shape index (κ1) is 12.2. The van der Waals surface area contributed by atoms with Crippen molar-refractivity contribution in [3.63, 3.8) is 0 Å². The lowest BCUT2D eigenvalue weighted by molar-refractivity contribution is -0.385. The van der Waals surface area contributed by atoms with Gasteiger partial charge in [0.1, 0.15) is 0 Å². The topological polar surface area (TPSA) is 55.2 Å². The number of halogens is 1. The highest BCUT2D eigenvalue weighted by molar-refractivity contribution is 8.00. The molecule has 0 amide bonds. The van der Waals surface area contributed by atoms with Gasteiger partial charge < -0.3 is 5.32 Å². The number of nitro benzene ring substituents is 1. The number of nitrogens with one attached hydrogen (secondary N) is 1. The highest BCUT2D eigenvalue weighted by Gasteiger charge is 2.22. The normalized spacial score (nSPS) is 23.6. The molecule has 2 atom stereocenters. The van der Waals surface area contributed by atoms with Crippen LogP contribution in [0.2, 0.25) is 0 Å². The summed E-state index contributed by atoms with van der Waals surface area (Å²) >= 11 is 1.85. The van der Waals surface area contributed by atoms with Gasteiger partial charge in [-0.2, -0.15) is 11.8 Å². The van der Waals surface area contributed by atoms with Gasteiger partial charge in [0.15, 0.2) is 5.82 Å². The second-order valence-electron chi connectivity index (χ2n) is 4.14. The van der Waals surface area contributed by atoms with Crippen molar-refractivity contribution in [3.05, 3.63) is 34.1 Å². The van der Waals surface area contributed by atoms with E-state index in [0.717, 1.165) is 18.2 Å². The second-order valence-corrected chi connectivity index (χ2v) is 5.61. The Morgan fingerprint density at radius 3 is 2.88 bits per heavy atom. The Bertz CT molecular complexity index is 441. The summed E-state index contributed by atoms with van der Waals surface area (Å²) in [7, 11) is 0. The van der Waals surface area contributed by atoms with E-state index in [1.54, 1.807) is 0 Å². The van der Waals surface area contributed by atoms with Crippen LogP contribution in [0.4, 0.5) is 15.8 Å². The maximum atomic E-state index is 13.6. The first-order valence-electron chi connectivity index (χ1n) is 5.38. The largest absolute Gasteiger partial charge is 0.379 e. The molecular weight excluding hydrogens is 243 g/mol. The van der Waals surface area contributed by atoms with Gasteiger partial charge in [-0.3, -0.25) is 10.1 Å². The first-order valence-corrected chi connectivity index (χ1v) is 6.43. The summed E-state index contributed by atoms with van der Waals surface area (Å²) in [6.45, 7) is 2.14. The molecule has 0 aromatic heterocycles. The minimum atomic E-state index is -0.597. The third kappa shape index (κ3) is 2.88. The van der Waals surface area contributed by atoms with Crippen LogP contribution in [0.15, 0.2) is 18.2 Å². The van der Waals surface area contributed by atoms with Gasteiger partial charge in [-0.05, 0) is 12.5 Å². The molecular formula is C11H13FN2O2S. The lowest BCUT2D eigenvalue weighted by Gasteiger charge is -2.13. The number of nitrogens with zero attached hydrogens (tertiary/aromatic N) is 1. The van der Waals surface area contributed by atoms with E-state index in [9.17, 15) is 14.5 Å². The summed E-state index contributed by atoms with van der Waals surface area (Å²) < 4.78 is 13.6. The summed E-state index contributed by atoms with van der Waals surface area (Å²) in [5.41, 5.74) is 0.123. The second kappa shape index (κ2) is 4.91. The minimum Gasteiger partial charge on any atom is -0.379 e. The molecule has 1 aromatic rings. The number of non-ortho nitro benzene ring substituents is 1. The van der Waals surface area contributed by atoms with Crippen LogP contribution in [0.5, 0.6) is 0 Å². The van der Waals surface area contributed by atoms with Crippen LogP contribution >= 0.6 is 11.8 Å². The molecule has 2 rings (SSSR count). The molecule has 1 fully saturated rings. The summed E-state index contributed by atoms with van der Waals surface area (Å²) in [5, 5.41) is 14.1. The minimum absolute atomic E-state index is 0.220. The molecule has 92 valence electrons. The van der Waals surface area contributed by atoms with Crippen molar-refractivity contribution in [1.82, 2.24) is 0 Å². The van der Waals surface area contributed by atoms with Crippen molar-refractivity contribution in [2.45, 2.75) is 24.6 Å². The van der Waals surface area contributed by atoms with Crippen LogP contribution in [0, 0.1) is 15.9 Å². The number of hydrogen-bond donors (Lipinski definition) is 1. The molecule has 0 radical (unpaired) electrons. The van der Waals surface area contributed by atoms with Crippen LogP contribution in [-0.4, -0.2) is 22.0 Å². The quantitative estimate of drug-likeness (QED) is 0.667. The number of rotatable bonds is 3. The Labute approximate surface area is 103 Å². The van der Waals surface area contributed by atoms with Crippen LogP contribution in [0.1, 0.15) is 13.3 Å². The predicted molar refractivity (Wildman–Crippen MR) is 67.0 cm³/mol. The van der Waals surface area contributed by atoms with Crippen molar-refractivity contribution >= 4 is 23.1 Å². The fourth-order valence-electron chi connectivity index (χ4n) is 1.87. The molecule has 0 saturated carbocycles. The smallest absolute Gasteiger partial charge is 0.272 e. The maximum absolute atomic E-state index is 13.6. The van der Waals surface area contributed by atoms with Gasteiger partial charge in [-0.15, -0.1) is 0 Å². The van der Waals surface area contributed by atoms with Crippen LogP contribution in [0.3, 0.4) is 0 Å². The highest BCUT2D eigenvalue weighted by Crippen LogP contribution is 2.29. The molecule has 2 unspecified atom stereocenters. The van der Waals surface area contributed by atoms with E-state index >= 15 is 0 Å². The average Bonchev–Trinajstić information content (AvgIpc) is 2.67. The molecule has 0 aliphatic carbocycles. The fourth-order valence-corrected chi connectivity index (χ4v) is 3.02.